The highest BCUT2D eigenvalue weighted by molar-refractivity contribution is 5.96. The molecule has 0 aliphatic rings. The molecule has 0 radical (unpaired) electrons. The molecule has 1 aromatic carbocycles. The van der Waals surface area contributed by atoms with Gasteiger partial charge < -0.3 is 16.2 Å². The number of benzene rings is 1. The van der Waals surface area contributed by atoms with Crippen LogP contribution in [0.25, 0.3) is 0 Å². The van der Waals surface area contributed by atoms with E-state index < -0.39 is 11.5 Å². The van der Waals surface area contributed by atoms with Gasteiger partial charge in [-0.15, -0.1) is 0 Å². The fraction of sp³-hybridized carbons (Fsp3) is 0.417. The van der Waals surface area contributed by atoms with Gasteiger partial charge in [0.05, 0.1) is 0 Å². The lowest BCUT2D eigenvalue weighted by Crippen LogP contribution is -2.36. The third-order valence-corrected chi connectivity index (χ3v) is 2.20. The molecule has 1 aromatic rings. The van der Waals surface area contributed by atoms with E-state index >= 15 is 0 Å². The number of hydrogen-bond acceptors (Lipinski definition) is 3. The first-order valence-electron chi connectivity index (χ1n) is 5.26. The highest BCUT2D eigenvalue weighted by Gasteiger charge is 2.23. The van der Waals surface area contributed by atoms with Gasteiger partial charge in [-0.25, -0.2) is 0 Å². The Bertz CT molecular complexity index is 352. The number of rotatable bonds is 4. The van der Waals surface area contributed by atoms with E-state index in [2.05, 4.69) is 5.32 Å². The van der Waals surface area contributed by atoms with Crippen molar-refractivity contribution < 1.29 is 9.90 Å². The van der Waals surface area contributed by atoms with Gasteiger partial charge in [0.1, 0.15) is 5.60 Å². The molecule has 0 bridgehead atoms. The maximum atomic E-state index is 11.5. The van der Waals surface area contributed by atoms with Gasteiger partial charge in [-0.05, 0) is 44.5 Å². The summed E-state index contributed by atoms with van der Waals surface area (Å²) in [6.45, 7) is 3.51. The molecular weight excluding hydrogens is 204 g/mol. The van der Waals surface area contributed by atoms with Crippen LogP contribution in [0.3, 0.4) is 0 Å². The molecule has 4 nitrogen and oxygen atoms in total. The van der Waals surface area contributed by atoms with E-state index in [-0.39, 0.29) is 0 Å². The molecule has 0 aromatic heterocycles. The molecule has 1 amide bonds. The smallest absolute Gasteiger partial charge is 0.255 e. The first-order valence-corrected chi connectivity index (χ1v) is 5.26. The first kappa shape index (κ1) is 12.7. The molecule has 0 atom stereocenters. The molecule has 16 heavy (non-hydrogen) atoms. The number of hydrogen-bond donors (Lipinski definition) is 3. The Morgan fingerprint density at radius 3 is 2.38 bits per heavy atom. The van der Waals surface area contributed by atoms with Crippen LogP contribution in [0.1, 0.15) is 19.4 Å². The minimum atomic E-state index is -1.37. The van der Waals surface area contributed by atoms with Gasteiger partial charge in [0.15, 0.2) is 0 Å². The molecule has 88 valence electrons. The fourth-order valence-electron chi connectivity index (χ4n) is 1.21. The number of nitrogens with one attached hydrogen (secondary N) is 1. The van der Waals surface area contributed by atoms with Gasteiger partial charge in [-0.2, -0.15) is 0 Å². The monoisotopic (exact) mass is 222 g/mol. The largest absolute Gasteiger partial charge is 0.381 e. The van der Waals surface area contributed by atoms with E-state index in [1.165, 1.54) is 13.8 Å². The van der Waals surface area contributed by atoms with Gasteiger partial charge >= 0.3 is 0 Å². The first-order chi connectivity index (χ1) is 7.43. The lowest BCUT2D eigenvalue weighted by Gasteiger charge is -2.16. The number of nitrogens with two attached hydrogens (primary N) is 1. The van der Waals surface area contributed by atoms with Gasteiger partial charge in [-0.1, -0.05) is 12.1 Å². The molecule has 4 heteroatoms. The summed E-state index contributed by atoms with van der Waals surface area (Å²) < 4.78 is 0. The lowest BCUT2D eigenvalue weighted by atomic mass is 10.1. The van der Waals surface area contributed by atoms with Crippen LogP contribution in [-0.4, -0.2) is 23.2 Å². The Morgan fingerprint density at radius 2 is 1.94 bits per heavy atom. The topological polar surface area (TPSA) is 75.3 Å². The van der Waals surface area contributed by atoms with Crippen LogP contribution in [0.15, 0.2) is 24.3 Å². The Balaban J connectivity index is 2.65. The Labute approximate surface area is 95.5 Å². The van der Waals surface area contributed by atoms with Crippen molar-refractivity contribution in [1.29, 1.82) is 0 Å². The van der Waals surface area contributed by atoms with Crippen molar-refractivity contribution in [2.45, 2.75) is 25.9 Å². The van der Waals surface area contributed by atoms with E-state index in [0.29, 0.717) is 12.2 Å². The Morgan fingerprint density at radius 1 is 1.38 bits per heavy atom. The van der Waals surface area contributed by atoms with E-state index in [1.807, 2.05) is 12.1 Å². The molecule has 0 fully saturated rings. The van der Waals surface area contributed by atoms with Gasteiger partial charge in [-0.3, -0.25) is 4.79 Å². The van der Waals surface area contributed by atoms with Crippen molar-refractivity contribution in [3.8, 4) is 0 Å². The summed E-state index contributed by atoms with van der Waals surface area (Å²) in [6.07, 6.45) is 0.819. The van der Waals surface area contributed by atoms with Crippen molar-refractivity contribution in [2.75, 3.05) is 11.9 Å². The summed E-state index contributed by atoms with van der Waals surface area (Å²) in [5.41, 5.74) is 5.87. The molecule has 1 rings (SSSR count). The molecule has 0 heterocycles. The fourth-order valence-corrected chi connectivity index (χ4v) is 1.21. The zero-order valence-electron chi connectivity index (χ0n) is 9.66. The minimum absolute atomic E-state index is 0.418. The highest BCUT2D eigenvalue weighted by Crippen LogP contribution is 2.12. The maximum absolute atomic E-state index is 11.5. The van der Waals surface area contributed by atoms with Crippen molar-refractivity contribution in [2.24, 2.45) is 5.73 Å². The second-order valence-corrected chi connectivity index (χ2v) is 4.25. The summed E-state index contributed by atoms with van der Waals surface area (Å²) >= 11 is 0. The van der Waals surface area contributed by atoms with Gasteiger partial charge in [0.25, 0.3) is 5.91 Å². The standard InChI is InChI=1S/C12H18N2O2/c1-12(2,16)11(15)14-10-5-3-9(4-6-10)7-8-13/h3-6,16H,7-8,13H2,1-2H3,(H,14,15). The average molecular weight is 222 g/mol. The SMILES string of the molecule is CC(C)(O)C(=O)Nc1ccc(CCN)cc1. The highest BCUT2D eigenvalue weighted by atomic mass is 16.3. The predicted octanol–water partition coefficient (Wildman–Crippen LogP) is 0.897. The van der Waals surface area contributed by atoms with Crippen LogP contribution in [0.2, 0.25) is 0 Å². The normalized spacial score (nSPS) is 11.2. The summed E-state index contributed by atoms with van der Waals surface area (Å²) in [5, 5.41) is 12.1. The summed E-state index contributed by atoms with van der Waals surface area (Å²) in [5.74, 6) is -0.418. The van der Waals surface area contributed by atoms with Crippen molar-refractivity contribution in [3.05, 3.63) is 29.8 Å². The molecule has 4 N–H and O–H groups in total. The Hall–Kier alpha value is -1.39. The average Bonchev–Trinajstić information content (AvgIpc) is 2.20. The van der Waals surface area contributed by atoms with Crippen LogP contribution in [0, 0.1) is 0 Å². The molecular formula is C12H18N2O2. The van der Waals surface area contributed by atoms with Gasteiger partial charge in [0, 0.05) is 5.69 Å². The van der Waals surface area contributed by atoms with E-state index in [0.717, 1.165) is 12.0 Å². The predicted molar refractivity (Wildman–Crippen MR) is 64.1 cm³/mol. The molecule has 0 saturated heterocycles. The molecule has 0 spiro atoms. The summed E-state index contributed by atoms with van der Waals surface area (Å²) in [6, 6.07) is 7.42. The van der Waals surface area contributed by atoms with Crippen LogP contribution in [0.5, 0.6) is 0 Å². The molecule has 0 unspecified atom stereocenters. The zero-order valence-corrected chi connectivity index (χ0v) is 9.66. The number of anilines is 1. The second-order valence-electron chi connectivity index (χ2n) is 4.25. The van der Waals surface area contributed by atoms with E-state index in [4.69, 9.17) is 5.73 Å². The third kappa shape index (κ3) is 3.64. The summed E-state index contributed by atoms with van der Waals surface area (Å²) in [7, 11) is 0. The van der Waals surface area contributed by atoms with Crippen LogP contribution in [-0.2, 0) is 11.2 Å². The third-order valence-electron chi connectivity index (χ3n) is 2.20. The number of amides is 1. The van der Waals surface area contributed by atoms with Crippen LogP contribution >= 0.6 is 0 Å². The van der Waals surface area contributed by atoms with Crippen molar-refractivity contribution in [1.82, 2.24) is 0 Å². The number of carbonyl (C=O) groups is 1. The number of aliphatic hydroxyl groups is 1. The quantitative estimate of drug-likeness (QED) is 0.708. The second kappa shape index (κ2) is 5.09. The van der Waals surface area contributed by atoms with E-state index in [1.54, 1.807) is 12.1 Å². The minimum Gasteiger partial charge on any atom is -0.381 e. The molecule has 0 saturated carbocycles. The maximum Gasteiger partial charge on any atom is 0.255 e. The molecule has 0 aliphatic carbocycles. The summed E-state index contributed by atoms with van der Waals surface area (Å²) in [4.78, 5) is 11.5. The van der Waals surface area contributed by atoms with Gasteiger partial charge in [0.2, 0.25) is 0 Å². The van der Waals surface area contributed by atoms with Crippen LogP contribution in [0.4, 0.5) is 5.69 Å². The lowest BCUT2D eigenvalue weighted by molar-refractivity contribution is -0.130. The Kier molecular flexibility index (Phi) is 4.04. The zero-order chi connectivity index (χ0) is 12.2. The van der Waals surface area contributed by atoms with Crippen molar-refractivity contribution >= 4 is 11.6 Å². The van der Waals surface area contributed by atoms with Crippen LogP contribution < -0.4 is 11.1 Å². The van der Waals surface area contributed by atoms with Crippen molar-refractivity contribution in [3.63, 3.8) is 0 Å². The molecule has 0 aliphatic heterocycles. The van der Waals surface area contributed by atoms with E-state index in [9.17, 15) is 9.90 Å². The number of carbonyl (C=O) groups excluding carboxylic acids is 1.